The quantitative estimate of drug-likeness (QED) is 0.575. The molecule has 5 heteroatoms. The third-order valence-electron chi connectivity index (χ3n) is 3.49. The van der Waals surface area contributed by atoms with E-state index in [0.717, 1.165) is 19.3 Å². The first-order chi connectivity index (χ1) is 8.11. The highest BCUT2D eigenvalue weighted by Gasteiger charge is 2.34. The first-order valence-electron chi connectivity index (χ1n) is 6.30. The van der Waals surface area contributed by atoms with Crippen molar-refractivity contribution in [2.45, 2.75) is 37.7 Å². The maximum atomic E-state index is 11.8. The van der Waals surface area contributed by atoms with Crippen LogP contribution in [0.1, 0.15) is 32.1 Å². The fraction of sp³-hybridized carbons (Fsp3) is 0.917. The highest BCUT2D eigenvalue weighted by atomic mass is 16.5. The second kappa shape index (κ2) is 6.93. The third-order valence-corrected chi connectivity index (χ3v) is 3.49. The molecule has 0 aromatic heterocycles. The zero-order chi connectivity index (χ0) is 12.7. The van der Waals surface area contributed by atoms with E-state index in [9.17, 15) is 9.90 Å². The molecular weight excluding hydrogens is 220 g/mol. The van der Waals surface area contributed by atoms with Crippen molar-refractivity contribution in [2.24, 2.45) is 11.7 Å². The molecule has 5 nitrogen and oxygen atoms in total. The molecule has 0 unspecified atom stereocenters. The van der Waals surface area contributed by atoms with E-state index in [1.165, 1.54) is 0 Å². The normalized spacial score (nSPS) is 29.0. The van der Waals surface area contributed by atoms with Crippen LogP contribution < -0.4 is 11.1 Å². The summed E-state index contributed by atoms with van der Waals surface area (Å²) in [6.07, 6.45) is 3.54. The van der Waals surface area contributed by atoms with Gasteiger partial charge in [0.2, 0.25) is 5.91 Å². The summed E-state index contributed by atoms with van der Waals surface area (Å²) in [4.78, 5) is 11.8. The van der Waals surface area contributed by atoms with Gasteiger partial charge in [-0.15, -0.1) is 0 Å². The van der Waals surface area contributed by atoms with Gasteiger partial charge in [-0.1, -0.05) is 0 Å². The maximum Gasteiger partial charge on any atom is 0.223 e. The van der Waals surface area contributed by atoms with Gasteiger partial charge in [0.15, 0.2) is 0 Å². The largest absolute Gasteiger partial charge is 0.389 e. The number of nitrogens with two attached hydrogens (primary N) is 1. The smallest absolute Gasteiger partial charge is 0.223 e. The fourth-order valence-corrected chi connectivity index (χ4v) is 2.19. The monoisotopic (exact) mass is 244 g/mol. The van der Waals surface area contributed by atoms with Crippen molar-refractivity contribution >= 4 is 5.91 Å². The van der Waals surface area contributed by atoms with Crippen LogP contribution in [-0.2, 0) is 9.53 Å². The molecule has 0 spiro atoms. The molecule has 0 aromatic rings. The van der Waals surface area contributed by atoms with Gasteiger partial charge in [-0.3, -0.25) is 4.79 Å². The summed E-state index contributed by atoms with van der Waals surface area (Å²) in [5.41, 5.74) is 4.76. The average Bonchev–Trinajstić information content (AvgIpc) is 2.35. The van der Waals surface area contributed by atoms with Gasteiger partial charge in [0.25, 0.3) is 0 Å². The second-order valence-corrected chi connectivity index (χ2v) is 4.84. The Balaban J connectivity index is 2.22. The van der Waals surface area contributed by atoms with Crippen LogP contribution in [0.25, 0.3) is 0 Å². The summed E-state index contributed by atoms with van der Waals surface area (Å²) in [6.45, 7) is 1.61. The number of amides is 1. The predicted molar refractivity (Wildman–Crippen MR) is 65.5 cm³/mol. The molecule has 1 aliphatic rings. The zero-order valence-electron chi connectivity index (χ0n) is 10.6. The number of methoxy groups -OCH3 is 1. The summed E-state index contributed by atoms with van der Waals surface area (Å²) >= 11 is 0. The van der Waals surface area contributed by atoms with Gasteiger partial charge < -0.3 is 20.9 Å². The molecule has 0 heterocycles. The summed E-state index contributed by atoms with van der Waals surface area (Å²) in [7, 11) is 1.65. The Morgan fingerprint density at radius 2 is 2.18 bits per heavy atom. The fourth-order valence-electron chi connectivity index (χ4n) is 2.19. The van der Waals surface area contributed by atoms with Crippen molar-refractivity contribution in [3.05, 3.63) is 0 Å². The third kappa shape index (κ3) is 4.61. The average molecular weight is 244 g/mol. The molecular formula is C12H24N2O3. The molecule has 1 saturated carbocycles. The van der Waals surface area contributed by atoms with Gasteiger partial charge in [0.05, 0.1) is 5.60 Å². The van der Waals surface area contributed by atoms with Crippen LogP contribution in [0.5, 0.6) is 0 Å². The van der Waals surface area contributed by atoms with Gasteiger partial charge in [-0.2, -0.15) is 0 Å². The molecule has 0 bridgehead atoms. The van der Waals surface area contributed by atoms with Crippen molar-refractivity contribution in [3.8, 4) is 0 Å². The van der Waals surface area contributed by atoms with Crippen molar-refractivity contribution in [3.63, 3.8) is 0 Å². The van der Waals surface area contributed by atoms with Crippen molar-refractivity contribution in [1.82, 2.24) is 5.32 Å². The van der Waals surface area contributed by atoms with E-state index in [1.54, 1.807) is 7.11 Å². The van der Waals surface area contributed by atoms with Crippen LogP contribution in [0.4, 0.5) is 0 Å². The molecule has 1 aliphatic carbocycles. The SMILES string of the molecule is COCCCNC(=O)C1CCC(O)(CN)CC1. The van der Waals surface area contributed by atoms with E-state index >= 15 is 0 Å². The Morgan fingerprint density at radius 3 is 2.71 bits per heavy atom. The minimum absolute atomic E-state index is 0.0318. The summed E-state index contributed by atoms with van der Waals surface area (Å²) in [5.74, 6) is 0.129. The molecule has 0 radical (unpaired) electrons. The Hall–Kier alpha value is -0.650. The first kappa shape index (κ1) is 14.4. The van der Waals surface area contributed by atoms with Crippen LogP contribution in [0, 0.1) is 5.92 Å². The lowest BCUT2D eigenvalue weighted by Gasteiger charge is -2.34. The molecule has 0 aromatic carbocycles. The van der Waals surface area contributed by atoms with E-state index in [-0.39, 0.29) is 18.4 Å². The highest BCUT2D eigenvalue weighted by molar-refractivity contribution is 5.78. The van der Waals surface area contributed by atoms with Crippen LogP contribution >= 0.6 is 0 Å². The van der Waals surface area contributed by atoms with Crippen LogP contribution in [0.15, 0.2) is 0 Å². The molecule has 1 rings (SSSR count). The number of carbonyl (C=O) groups excluding carboxylic acids is 1. The predicted octanol–water partition coefficient (Wildman–Crippen LogP) is 0.0191. The Bertz CT molecular complexity index is 238. The zero-order valence-corrected chi connectivity index (χ0v) is 10.6. The first-order valence-corrected chi connectivity index (χ1v) is 6.30. The standard InChI is InChI=1S/C12H24N2O3/c1-17-8-2-7-14-11(15)10-3-5-12(16,9-13)6-4-10/h10,16H,2-9,13H2,1H3,(H,14,15). The molecule has 0 atom stereocenters. The molecule has 1 amide bonds. The lowest BCUT2D eigenvalue weighted by molar-refractivity contribution is -0.127. The van der Waals surface area contributed by atoms with E-state index in [4.69, 9.17) is 10.5 Å². The number of hydrogen-bond donors (Lipinski definition) is 3. The lowest BCUT2D eigenvalue weighted by atomic mass is 9.78. The van der Waals surface area contributed by atoms with E-state index in [0.29, 0.717) is 26.0 Å². The molecule has 0 aliphatic heterocycles. The number of aliphatic hydroxyl groups is 1. The molecule has 1 fully saturated rings. The minimum Gasteiger partial charge on any atom is -0.389 e. The summed E-state index contributed by atoms with van der Waals surface area (Å²) in [6, 6.07) is 0. The highest BCUT2D eigenvalue weighted by Crippen LogP contribution is 2.31. The van der Waals surface area contributed by atoms with Gasteiger partial charge in [-0.25, -0.2) is 0 Å². The number of hydrogen-bond acceptors (Lipinski definition) is 4. The Labute approximate surface area is 103 Å². The molecule has 17 heavy (non-hydrogen) atoms. The second-order valence-electron chi connectivity index (χ2n) is 4.84. The molecule has 4 N–H and O–H groups in total. The van der Waals surface area contributed by atoms with Crippen molar-refractivity contribution in [1.29, 1.82) is 0 Å². The summed E-state index contributed by atoms with van der Waals surface area (Å²) < 4.78 is 4.91. The van der Waals surface area contributed by atoms with Crippen LogP contribution in [0.3, 0.4) is 0 Å². The van der Waals surface area contributed by atoms with Crippen molar-refractivity contribution in [2.75, 3.05) is 26.8 Å². The van der Waals surface area contributed by atoms with E-state index in [1.807, 2.05) is 0 Å². The topological polar surface area (TPSA) is 84.6 Å². The van der Waals surface area contributed by atoms with Gasteiger partial charge >= 0.3 is 0 Å². The Kier molecular flexibility index (Phi) is 5.88. The summed E-state index contributed by atoms with van der Waals surface area (Å²) in [5, 5.41) is 12.9. The Morgan fingerprint density at radius 1 is 1.53 bits per heavy atom. The number of rotatable bonds is 6. The number of nitrogens with one attached hydrogen (secondary N) is 1. The van der Waals surface area contributed by atoms with E-state index < -0.39 is 5.60 Å². The number of ether oxygens (including phenoxy) is 1. The maximum absolute atomic E-state index is 11.8. The van der Waals surface area contributed by atoms with Gasteiger partial charge in [0.1, 0.15) is 0 Å². The molecule has 100 valence electrons. The van der Waals surface area contributed by atoms with E-state index in [2.05, 4.69) is 5.32 Å². The molecule has 0 saturated heterocycles. The van der Waals surface area contributed by atoms with Crippen LogP contribution in [0.2, 0.25) is 0 Å². The van der Waals surface area contributed by atoms with Crippen LogP contribution in [-0.4, -0.2) is 43.4 Å². The lowest BCUT2D eigenvalue weighted by Crippen LogP contribution is -2.44. The van der Waals surface area contributed by atoms with Gasteiger partial charge in [0, 0.05) is 32.7 Å². The van der Waals surface area contributed by atoms with Gasteiger partial charge in [-0.05, 0) is 32.1 Å². The van der Waals surface area contributed by atoms with Crippen molar-refractivity contribution < 1.29 is 14.6 Å². The number of carbonyl (C=O) groups is 1. The minimum atomic E-state index is -0.743.